The van der Waals surface area contributed by atoms with Gasteiger partial charge >= 0.3 is 11.9 Å². The Morgan fingerprint density at radius 2 is 1.53 bits per heavy atom. The van der Waals surface area contributed by atoms with Crippen LogP contribution in [0.4, 0.5) is 0 Å². The molecule has 0 fully saturated rings. The Hall–Kier alpha value is -4.27. The van der Waals surface area contributed by atoms with Crippen LogP contribution >= 0.6 is 11.8 Å². The van der Waals surface area contributed by atoms with E-state index in [4.69, 9.17) is 15.9 Å². The van der Waals surface area contributed by atoms with Crippen LogP contribution in [0.25, 0.3) is 12.2 Å². The van der Waals surface area contributed by atoms with Gasteiger partial charge in [-0.2, -0.15) is 0 Å². The molecule has 234 valence electrons. The second-order valence-corrected chi connectivity index (χ2v) is 11.3. The van der Waals surface area contributed by atoms with Gasteiger partial charge in [0.2, 0.25) is 11.8 Å². The molecule has 4 unspecified atom stereocenters. The van der Waals surface area contributed by atoms with Crippen molar-refractivity contribution in [2.24, 2.45) is 11.7 Å². The van der Waals surface area contributed by atoms with Crippen molar-refractivity contribution in [1.82, 2.24) is 10.6 Å². The monoisotopic (exact) mass is 619 g/mol. The van der Waals surface area contributed by atoms with E-state index in [1.165, 1.54) is 24.3 Å². The molecule has 13 nitrogen and oxygen atoms in total. The molecule has 0 aliphatic rings. The lowest BCUT2D eigenvalue weighted by Gasteiger charge is -2.29. The first-order chi connectivity index (χ1) is 20.2. The van der Waals surface area contributed by atoms with Gasteiger partial charge in [-0.1, -0.05) is 38.1 Å². The molecular formula is C29H37N3O10S. The maximum Gasteiger partial charge on any atom is 0.322 e. The van der Waals surface area contributed by atoms with Crippen molar-refractivity contribution in [3.05, 3.63) is 53.1 Å². The molecule has 43 heavy (non-hydrogen) atoms. The molecule has 0 bridgehead atoms. The third kappa shape index (κ3) is 11.1. The number of aliphatic hydroxyl groups is 1. The summed E-state index contributed by atoms with van der Waals surface area (Å²) in [5.74, 6) is -5.30. The fraction of sp³-hybridized carbons (Fsp3) is 0.379. The van der Waals surface area contributed by atoms with E-state index < -0.39 is 53.7 Å². The SMILES string of the molecule is CC(C)C(O)C(SCC(NC(=O)CCC(N)C(=O)O)C(=O)NCC(=O)O)c1c(O)cc(/C=C/c2ccc(O)cc2)cc1O. The number of carbonyl (C=O) groups excluding carboxylic acids is 2. The van der Waals surface area contributed by atoms with E-state index in [0.29, 0.717) is 5.56 Å². The first-order valence-electron chi connectivity index (χ1n) is 13.3. The average Bonchev–Trinajstić information content (AvgIpc) is 2.94. The van der Waals surface area contributed by atoms with Gasteiger partial charge in [0.05, 0.1) is 16.9 Å². The molecule has 0 aromatic heterocycles. The Balaban J connectivity index is 2.31. The lowest BCUT2D eigenvalue weighted by Crippen LogP contribution is -2.49. The quantitative estimate of drug-likeness (QED) is 0.122. The molecule has 0 saturated carbocycles. The van der Waals surface area contributed by atoms with E-state index in [1.54, 1.807) is 38.1 Å². The number of aromatic hydroxyl groups is 3. The number of nitrogens with two attached hydrogens (primary N) is 1. The number of aliphatic carboxylic acids is 2. The van der Waals surface area contributed by atoms with E-state index in [1.807, 2.05) is 0 Å². The van der Waals surface area contributed by atoms with Gasteiger partial charge in [0, 0.05) is 12.2 Å². The number of hydrogen-bond acceptors (Lipinski definition) is 10. The predicted octanol–water partition coefficient (Wildman–Crippen LogP) is 1.64. The molecule has 0 heterocycles. The lowest BCUT2D eigenvalue weighted by atomic mass is 9.96. The average molecular weight is 620 g/mol. The Labute approximate surface area is 252 Å². The van der Waals surface area contributed by atoms with E-state index in [2.05, 4.69) is 10.6 Å². The summed E-state index contributed by atoms with van der Waals surface area (Å²) in [4.78, 5) is 47.2. The van der Waals surface area contributed by atoms with Crippen LogP contribution in [0.1, 0.15) is 48.6 Å². The fourth-order valence-electron chi connectivity index (χ4n) is 3.86. The summed E-state index contributed by atoms with van der Waals surface area (Å²) in [6.07, 6.45) is 1.67. The van der Waals surface area contributed by atoms with Gasteiger partial charge in [-0.3, -0.25) is 19.2 Å². The molecule has 2 aromatic carbocycles. The van der Waals surface area contributed by atoms with Gasteiger partial charge in [-0.15, -0.1) is 11.8 Å². The van der Waals surface area contributed by atoms with Crippen LogP contribution in [-0.2, 0) is 19.2 Å². The van der Waals surface area contributed by atoms with Gasteiger partial charge in [-0.25, -0.2) is 0 Å². The number of carboxylic acid groups (broad SMARTS) is 2. The Kier molecular flexibility index (Phi) is 13.3. The molecule has 0 saturated heterocycles. The fourth-order valence-corrected chi connectivity index (χ4v) is 5.41. The van der Waals surface area contributed by atoms with Gasteiger partial charge in [0.25, 0.3) is 0 Å². The van der Waals surface area contributed by atoms with Crippen molar-refractivity contribution in [2.45, 2.75) is 50.1 Å². The van der Waals surface area contributed by atoms with Crippen LogP contribution in [0.15, 0.2) is 36.4 Å². The second-order valence-electron chi connectivity index (χ2n) is 10.1. The Morgan fingerprint density at radius 1 is 0.953 bits per heavy atom. The number of benzene rings is 2. The topological polar surface area (TPSA) is 240 Å². The summed E-state index contributed by atoms with van der Waals surface area (Å²) in [6.45, 7) is 2.70. The highest BCUT2D eigenvalue weighted by molar-refractivity contribution is 7.99. The first kappa shape index (κ1) is 34.9. The molecule has 2 rings (SSSR count). The maximum absolute atomic E-state index is 12.8. The third-order valence-electron chi connectivity index (χ3n) is 6.31. The van der Waals surface area contributed by atoms with E-state index >= 15 is 0 Å². The Bertz CT molecular complexity index is 1290. The predicted molar refractivity (Wildman–Crippen MR) is 160 cm³/mol. The minimum absolute atomic E-state index is 0.00330. The van der Waals surface area contributed by atoms with Crippen LogP contribution in [0.3, 0.4) is 0 Å². The van der Waals surface area contributed by atoms with Crippen molar-refractivity contribution in [3.63, 3.8) is 0 Å². The van der Waals surface area contributed by atoms with Gasteiger partial charge in [0.1, 0.15) is 35.9 Å². The van der Waals surface area contributed by atoms with Crippen LogP contribution in [0.2, 0.25) is 0 Å². The normalized spacial score (nSPS) is 14.2. The third-order valence-corrected chi connectivity index (χ3v) is 7.70. The number of thioether (sulfide) groups is 1. The standard InChI is InChI=1S/C29H37N3O10S/c1-15(2)26(39)27(25-21(34)11-17(12-22(25)35)4-3-16-5-7-18(33)8-6-16)43-14-20(28(40)31-13-24(37)38)32-23(36)10-9-19(30)29(41)42/h3-8,11-12,15,19-20,26-27,33-35,39H,9-10,13-14,30H2,1-2H3,(H,31,40)(H,32,36)(H,37,38)(H,41,42)/b4-3+. The zero-order valence-corrected chi connectivity index (χ0v) is 24.5. The zero-order valence-electron chi connectivity index (χ0n) is 23.6. The molecule has 10 N–H and O–H groups in total. The second kappa shape index (κ2) is 16.4. The number of aliphatic hydroxyl groups excluding tert-OH is 1. The zero-order chi connectivity index (χ0) is 32.3. The highest BCUT2D eigenvalue weighted by Gasteiger charge is 2.32. The van der Waals surface area contributed by atoms with Crippen molar-refractivity contribution in [2.75, 3.05) is 12.3 Å². The molecule has 0 spiro atoms. The summed E-state index contributed by atoms with van der Waals surface area (Å²) >= 11 is 0.945. The van der Waals surface area contributed by atoms with Crippen molar-refractivity contribution in [3.8, 4) is 17.2 Å². The minimum Gasteiger partial charge on any atom is -0.508 e. The van der Waals surface area contributed by atoms with Crippen LogP contribution in [-0.4, -0.2) is 84.9 Å². The summed E-state index contributed by atoms with van der Waals surface area (Å²) in [5, 5.41) is 63.8. The number of carboxylic acids is 2. The summed E-state index contributed by atoms with van der Waals surface area (Å²) in [5.41, 5.74) is 6.62. The number of carbonyl (C=O) groups is 4. The number of phenols is 3. The number of phenolic OH excluding ortho intramolecular Hbond substituents is 3. The molecule has 0 radical (unpaired) electrons. The summed E-state index contributed by atoms with van der Waals surface area (Å²) in [6, 6.07) is 6.53. The van der Waals surface area contributed by atoms with E-state index in [9.17, 15) is 39.6 Å². The highest BCUT2D eigenvalue weighted by atomic mass is 32.2. The van der Waals surface area contributed by atoms with Gasteiger partial charge in [0.15, 0.2) is 0 Å². The minimum atomic E-state index is -1.32. The number of rotatable bonds is 16. The van der Waals surface area contributed by atoms with Gasteiger partial charge < -0.3 is 47.0 Å². The molecule has 0 aliphatic heterocycles. The molecule has 2 aromatic rings. The number of nitrogens with one attached hydrogen (secondary N) is 2. The molecular weight excluding hydrogens is 582 g/mol. The van der Waals surface area contributed by atoms with Crippen molar-refractivity contribution >= 4 is 47.7 Å². The van der Waals surface area contributed by atoms with Crippen LogP contribution in [0.5, 0.6) is 17.2 Å². The van der Waals surface area contributed by atoms with Crippen molar-refractivity contribution < 1.29 is 49.8 Å². The maximum atomic E-state index is 12.8. The first-order valence-corrected chi connectivity index (χ1v) is 14.3. The largest absolute Gasteiger partial charge is 0.508 e. The van der Waals surface area contributed by atoms with Crippen LogP contribution in [0, 0.1) is 5.92 Å². The Morgan fingerprint density at radius 3 is 2.07 bits per heavy atom. The molecule has 14 heteroatoms. The van der Waals surface area contributed by atoms with Gasteiger partial charge in [-0.05, 0) is 47.7 Å². The molecule has 2 amide bonds. The van der Waals surface area contributed by atoms with Crippen molar-refractivity contribution in [1.29, 1.82) is 0 Å². The summed E-state index contributed by atoms with van der Waals surface area (Å²) in [7, 11) is 0. The van der Waals surface area contributed by atoms with E-state index in [0.717, 1.165) is 17.3 Å². The molecule has 4 atom stereocenters. The highest BCUT2D eigenvalue weighted by Crippen LogP contribution is 2.45. The number of amides is 2. The smallest absolute Gasteiger partial charge is 0.322 e. The molecule has 0 aliphatic carbocycles. The lowest BCUT2D eigenvalue weighted by molar-refractivity contribution is -0.139. The van der Waals surface area contributed by atoms with Crippen LogP contribution < -0.4 is 16.4 Å². The van der Waals surface area contributed by atoms with E-state index in [-0.39, 0.29) is 47.3 Å². The summed E-state index contributed by atoms with van der Waals surface area (Å²) < 4.78 is 0. The number of hydrogen-bond donors (Lipinski definition) is 9.